The minimum Gasteiger partial charge on any atom is -0.442 e. The molecule has 128 valence electrons. The van der Waals surface area contributed by atoms with Gasteiger partial charge < -0.3 is 15.0 Å². The van der Waals surface area contributed by atoms with Crippen molar-refractivity contribution in [3.05, 3.63) is 23.8 Å². The predicted octanol–water partition coefficient (Wildman–Crippen LogP) is 1.00. The van der Waals surface area contributed by atoms with E-state index >= 15 is 0 Å². The summed E-state index contributed by atoms with van der Waals surface area (Å²) in [5.74, 6) is -0.187. The van der Waals surface area contributed by atoms with Gasteiger partial charge in [0.15, 0.2) is 0 Å². The summed E-state index contributed by atoms with van der Waals surface area (Å²) in [7, 11) is 0. The number of rotatable bonds is 5. The van der Waals surface area contributed by atoms with Crippen LogP contribution < -0.4 is 15.1 Å². The number of nitrogens with zero attached hydrogens (tertiary/aromatic N) is 2. The summed E-state index contributed by atoms with van der Waals surface area (Å²) in [6, 6.07) is 4.70. The Balaban J connectivity index is 1.76. The van der Waals surface area contributed by atoms with Crippen molar-refractivity contribution in [3.8, 4) is 0 Å². The highest BCUT2D eigenvalue weighted by Gasteiger charge is 2.34. The van der Waals surface area contributed by atoms with Crippen LogP contribution in [0.1, 0.15) is 12.5 Å². The van der Waals surface area contributed by atoms with E-state index in [1.54, 1.807) is 18.2 Å². The Labute approximate surface area is 138 Å². The van der Waals surface area contributed by atoms with Crippen molar-refractivity contribution in [2.45, 2.75) is 25.5 Å². The number of fused-ring (bicyclic) bond motifs is 1. The van der Waals surface area contributed by atoms with E-state index in [9.17, 15) is 18.8 Å². The molecular weight excluding hydrogens is 317 g/mol. The van der Waals surface area contributed by atoms with Crippen LogP contribution in [-0.2, 0) is 20.7 Å². The topological polar surface area (TPSA) is 79.0 Å². The number of alkyl halides is 1. The third-order valence-corrected chi connectivity index (χ3v) is 4.25. The average Bonchev–Trinajstić information content (AvgIpc) is 3.11. The first-order valence-corrected chi connectivity index (χ1v) is 7.68. The molecule has 1 unspecified atom stereocenters. The molecule has 24 heavy (non-hydrogen) atoms. The Hall–Kier alpha value is -2.64. The standard InChI is InChI=1S/C16H18FN3O4/c1-10(22)18-7-14-8-19(16(23)24-14)12-2-3-15-11(4-12)5-13(6-17)20(15)9-21/h2-4,9,13-14H,5-8H2,1H3,(H,18,22)/t13?,14-/m0/s1. The predicted molar refractivity (Wildman–Crippen MR) is 84.8 cm³/mol. The van der Waals surface area contributed by atoms with E-state index < -0.39 is 24.9 Å². The molecule has 1 aromatic rings. The van der Waals surface area contributed by atoms with Gasteiger partial charge >= 0.3 is 6.09 Å². The molecule has 0 aliphatic carbocycles. The number of hydrogen-bond donors (Lipinski definition) is 1. The monoisotopic (exact) mass is 335 g/mol. The molecule has 2 aliphatic rings. The number of cyclic esters (lactones) is 1. The van der Waals surface area contributed by atoms with Gasteiger partial charge in [-0.3, -0.25) is 14.5 Å². The quantitative estimate of drug-likeness (QED) is 0.815. The lowest BCUT2D eigenvalue weighted by Crippen LogP contribution is -2.33. The zero-order valence-corrected chi connectivity index (χ0v) is 13.2. The van der Waals surface area contributed by atoms with Gasteiger partial charge in [-0.05, 0) is 30.2 Å². The second-order valence-corrected chi connectivity index (χ2v) is 5.89. The van der Waals surface area contributed by atoms with Crippen LogP contribution in [0.4, 0.5) is 20.6 Å². The molecule has 1 fully saturated rings. The summed E-state index contributed by atoms with van der Waals surface area (Å²) in [5.41, 5.74) is 2.12. The number of ether oxygens (including phenoxy) is 1. The van der Waals surface area contributed by atoms with Crippen LogP contribution in [0.25, 0.3) is 0 Å². The van der Waals surface area contributed by atoms with Crippen LogP contribution in [0, 0.1) is 0 Å². The largest absolute Gasteiger partial charge is 0.442 e. The SMILES string of the molecule is CC(=O)NC[C@H]1CN(c2ccc3c(c2)CC(CF)N3C=O)C(=O)O1. The number of anilines is 2. The molecule has 2 atom stereocenters. The van der Waals surface area contributed by atoms with E-state index in [1.807, 2.05) is 0 Å². The van der Waals surface area contributed by atoms with Crippen molar-refractivity contribution < 1.29 is 23.5 Å². The van der Waals surface area contributed by atoms with Crippen LogP contribution in [-0.4, -0.2) is 50.3 Å². The number of carbonyl (C=O) groups is 3. The lowest BCUT2D eigenvalue weighted by atomic mass is 10.1. The fourth-order valence-electron chi connectivity index (χ4n) is 3.07. The number of hydrogen-bond acceptors (Lipinski definition) is 4. The Bertz CT molecular complexity index is 681. The van der Waals surface area contributed by atoms with Gasteiger partial charge in [0.25, 0.3) is 0 Å². The van der Waals surface area contributed by atoms with E-state index in [0.29, 0.717) is 30.8 Å². The molecule has 0 saturated carbocycles. The Morgan fingerprint density at radius 2 is 2.29 bits per heavy atom. The maximum atomic E-state index is 13.0. The lowest BCUT2D eigenvalue weighted by molar-refractivity contribution is -0.119. The zero-order valence-electron chi connectivity index (χ0n) is 13.2. The van der Waals surface area contributed by atoms with E-state index in [0.717, 1.165) is 5.56 Å². The second kappa shape index (κ2) is 6.46. The third kappa shape index (κ3) is 2.91. The highest BCUT2D eigenvalue weighted by Crippen LogP contribution is 2.35. The normalized spacial score (nSPS) is 22.3. The molecule has 0 aromatic heterocycles. The van der Waals surface area contributed by atoms with Gasteiger partial charge in [0.1, 0.15) is 12.8 Å². The first kappa shape index (κ1) is 16.2. The maximum absolute atomic E-state index is 13.0. The van der Waals surface area contributed by atoms with Gasteiger partial charge in [0.05, 0.1) is 19.1 Å². The molecule has 3 amide bonds. The first-order valence-electron chi connectivity index (χ1n) is 7.68. The summed E-state index contributed by atoms with van der Waals surface area (Å²) in [6.07, 6.45) is 0.136. The van der Waals surface area contributed by atoms with E-state index in [2.05, 4.69) is 5.32 Å². The molecular formula is C16H18FN3O4. The van der Waals surface area contributed by atoms with Crippen molar-refractivity contribution in [1.29, 1.82) is 0 Å². The van der Waals surface area contributed by atoms with Gasteiger partial charge in [-0.15, -0.1) is 0 Å². The summed E-state index contributed by atoms with van der Waals surface area (Å²) < 4.78 is 18.3. The van der Waals surface area contributed by atoms with Gasteiger partial charge in [-0.1, -0.05) is 0 Å². The smallest absolute Gasteiger partial charge is 0.414 e. The van der Waals surface area contributed by atoms with E-state index in [-0.39, 0.29) is 12.5 Å². The maximum Gasteiger partial charge on any atom is 0.414 e. The zero-order chi connectivity index (χ0) is 17.3. The fraction of sp³-hybridized carbons (Fsp3) is 0.438. The van der Waals surface area contributed by atoms with Crippen molar-refractivity contribution in [2.24, 2.45) is 0 Å². The summed E-state index contributed by atoms with van der Waals surface area (Å²) in [6.45, 7) is 1.36. The number of carbonyl (C=O) groups excluding carboxylic acids is 3. The molecule has 0 bridgehead atoms. The van der Waals surface area contributed by atoms with E-state index in [1.165, 1.54) is 16.7 Å². The number of benzene rings is 1. The van der Waals surface area contributed by atoms with E-state index in [4.69, 9.17) is 4.74 Å². The molecule has 3 rings (SSSR count). The fourth-order valence-corrected chi connectivity index (χ4v) is 3.07. The Kier molecular flexibility index (Phi) is 4.37. The molecule has 1 N–H and O–H groups in total. The van der Waals surface area contributed by atoms with Crippen LogP contribution in [0.2, 0.25) is 0 Å². The number of amides is 3. The highest BCUT2D eigenvalue weighted by atomic mass is 19.1. The van der Waals surface area contributed by atoms with Crippen LogP contribution in [0.15, 0.2) is 18.2 Å². The summed E-state index contributed by atoms with van der Waals surface area (Å²) in [5, 5.41) is 2.62. The molecule has 1 aromatic carbocycles. The Morgan fingerprint density at radius 1 is 1.50 bits per heavy atom. The Morgan fingerprint density at radius 3 is 2.96 bits per heavy atom. The van der Waals surface area contributed by atoms with Gasteiger partial charge in [0.2, 0.25) is 12.3 Å². The molecule has 0 radical (unpaired) electrons. The molecule has 2 heterocycles. The lowest BCUT2D eigenvalue weighted by Gasteiger charge is -2.18. The summed E-state index contributed by atoms with van der Waals surface area (Å²) in [4.78, 5) is 37.0. The van der Waals surface area contributed by atoms with Crippen molar-refractivity contribution in [1.82, 2.24) is 5.32 Å². The van der Waals surface area contributed by atoms with Crippen LogP contribution in [0.5, 0.6) is 0 Å². The third-order valence-electron chi connectivity index (χ3n) is 4.25. The van der Waals surface area contributed by atoms with Gasteiger partial charge in [-0.25, -0.2) is 9.18 Å². The molecule has 0 spiro atoms. The van der Waals surface area contributed by atoms with Gasteiger partial charge in [0, 0.05) is 18.3 Å². The number of halogens is 1. The first-order chi connectivity index (χ1) is 11.5. The van der Waals surface area contributed by atoms with Crippen LogP contribution in [0.3, 0.4) is 0 Å². The molecule has 2 aliphatic heterocycles. The average molecular weight is 335 g/mol. The van der Waals surface area contributed by atoms with Crippen molar-refractivity contribution in [2.75, 3.05) is 29.6 Å². The van der Waals surface area contributed by atoms with Crippen LogP contribution >= 0.6 is 0 Å². The molecule has 7 nitrogen and oxygen atoms in total. The minimum atomic E-state index is -0.618. The second-order valence-electron chi connectivity index (χ2n) is 5.89. The molecule has 1 saturated heterocycles. The summed E-state index contributed by atoms with van der Waals surface area (Å²) >= 11 is 0. The van der Waals surface area contributed by atoms with Crippen molar-refractivity contribution in [3.63, 3.8) is 0 Å². The highest BCUT2D eigenvalue weighted by molar-refractivity contribution is 5.91. The van der Waals surface area contributed by atoms with Gasteiger partial charge in [-0.2, -0.15) is 0 Å². The number of nitrogens with one attached hydrogen (secondary N) is 1. The molecule has 8 heteroatoms. The minimum absolute atomic E-state index is 0.187. The van der Waals surface area contributed by atoms with Crippen molar-refractivity contribution >= 4 is 29.8 Å².